The van der Waals surface area contributed by atoms with Crippen molar-refractivity contribution < 1.29 is 0 Å². The van der Waals surface area contributed by atoms with Crippen LogP contribution in [0.4, 0.5) is 5.69 Å². The molecule has 0 radical (unpaired) electrons. The lowest BCUT2D eigenvalue weighted by atomic mass is 10.2. The van der Waals surface area contributed by atoms with Gasteiger partial charge in [0.25, 0.3) is 0 Å². The second-order valence-corrected chi connectivity index (χ2v) is 4.03. The molecule has 2 heteroatoms. The highest BCUT2D eigenvalue weighted by atomic mass is 32.2. The third kappa shape index (κ3) is 1.34. The summed E-state index contributed by atoms with van der Waals surface area (Å²) in [7, 11) is 0. The van der Waals surface area contributed by atoms with Crippen molar-refractivity contribution in [1.82, 2.24) is 0 Å². The summed E-state index contributed by atoms with van der Waals surface area (Å²) in [5.41, 5.74) is 3.59. The maximum Gasteiger partial charge on any atom is 0.0522 e. The van der Waals surface area contributed by atoms with Crippen molar-refractivity contribution in [3.05, 3.63) is 36.0 Å². The number of benzene rings is 1. The summed E-state index contributed by atoms with van der Waals surface area (Å²) < 4.78 is 0. The molecule has 0 amide bonds. The van der Waals surface area contributed by atoms with Crippen LogP contribution in [0.3, 0.4) is 0 Å². The van der Waals surface area contributed by atoms with E-state index in [1.807, 2.05) is 11.8 Å². The smallest absolute Gasteiger partial charge is 0.0522 e. The van der Waals surface area contributed by atoms with Gasteiger partial charge < -0.3 is 5.32 Å². The third-order valence-corrected chi connectivity index (χ3v) is 3.01. The van der Waals surface area contributed by atoms with Crippen LogP contribution in [0.25, 0.3) is 0 Å². The van der Waals surface area contributed by atoms with Gasteiger partial charge in [-0.1, -0.05) is 12.6 Å². The Morgan fingerprint density at radius 1 is 1.50 bits per heavy atom. The Morgan fingerprint density at radius 3 is 3.17 bits per heavy atom. The molecule has 0 atom stereocenters. The van der Waals surface area contributed by atoms with E-state index >= 15 is 0 Å². The molecule has 1 aliphatic heterocycles. The van der Waals surface area contributed by atoms with E-state index in [1.165, 1.54) is 16.1 Å². The zero-order valence-corrected chi connectivity index (χ0v) is 7.87. The molecule has 2 rings (SSSR count). The molecular formula is C10H11NS. The van der Waals surface area contributed by atoms with Crippen LogP contribution >= 0.6 is 11.8 Å². The normalized spacial score (nSPS) is 15.2. The van der Waals surface area contributed by atoms with Crippen LogP contribution in [0.1, 0.15) is 5.56 Å². The van der Waals surface area contributed by atoms with E-state index in [0.29, 0.717) is 0 Å². The molecule has 0 aliphatic carbocycles. The molecule has 0 spiro atoms. The first-order valence-electron chi connectivity index (χ1n) is 3.94. The SMILES string of the molecule is C=C1CSc2ccc(C)cc2N1. The molecule has 62 valence electrons. The average molecular weight is 177 g/mol. The lowest BCUT2D eigenvalue weighted by Crippen LogP contribution is -2.06. The topological polar surface area (TPSA) is 12.0 Å². The van der Waals surface area contributed by atoms with Gasteiger partial charge in [-0.2, -0.15) is 0 Å². The van der Waals surface area contributed by atoms with Crippen LogP contribution in [0, 0.1) is 6.92 Å². The molecule has 0 saturated carbocycles. The third-order valence-electron chi connectivity index (χ3n) is 1.85. The van der Waals surface area contributed by atoms with Gasteiger partial charge in [-0.3, -0.25) is 0 Å². The van der Waals surface area contributed by atoms with Gasteiger partial charge >= 0.3 is 0 Å². The lowest BCUT2D eigenvalue weighted by Gasteiger charge is -2.19. The van der Waals surface area contributed by atoms with E-state index in [1.54, 1.807) is 0 Å². The minimum Gasteiger partial charge on any atom is -0.358 e. The molecule has 12 heavy (non-hydrogen) atoms. The van der Waals surface area contributed by atoms with Gasteiger partial charge in [0.05, 0.1) is 5.69 Å². The van der Waals surface area contributed by atoms with Crippen molar-refractivity contribution >= 4 is 17.4 Å². The molecular weight excluding hydrogens is 166 g/mol. The van der Waals surface area contributed by atoms with E-state index < -0.39 is 0 Å². The zero-order valence-electron chi connectivity index (χ0n) is 7.05. The average Bonchev–Trinajstić information content (AvgIpc) is 2.03. The highest BCUT2D eigenvalue weighted by Crippen LogP contribution is 2.34. The summed E-state index contributed by atoms with van der Waals surface area (Å²) >= 11 is 1.84. The van der Waals surface area contributed by atoms with Crippen molar-refractivity contribution in [3.8, 4) is 0 Å². The molecule has 0 fully saturated rings. The largest absolute Gasteiger partial charge is 0.358 e. The number of nitrogens with one attached hydrogen (secondary N) is 1. The van der Waals surface area contributed by atoms with Crippen molar-refractivity contribution in [1.29, 1.82) is 0 Å². The number of hydrogen-bond donors (Lipinski definition) is 1. The summed E-state index contributed by atoms with van der Waals surface area (Å²) in [6, 6.07) is 6.46. The maximum absolute atomic E-state index is 3.91. The fraction of sp³-hybridized carbons (Fsp3) is 0.200. The van der Waals surface area contributed by atoms with Gasteiger partial charge in [0.2, 0.25) is 0 Å². The van der Waals surface area contributed by atoms with Crippen LogP contribution in [0.5, 0.6) is 0 Å². The molecule has 0 saturated heterocycles. The summed E-state index contributed by atoms with van der Waals surface area (Å²) in [4.78, 5) is 1.33. The van der Waals surface area contributed by atoms with Crippen molar-refractivity contribution in [2.24, 2.45) is 0 Å². The fourth-order valence-electron chi connectivity index (χ4n) is 1.26. The number of anilines is 1. The van der Waals surface area contributed by atoms with E-state index in [2.05, 4.69) is 37.0 Å². The first-order valence-corrected chi connectivity index (χ1v) is 4.92. The first-order chi connectivity index (χ1) is 5.75. The Morgan fingerprint density at radius 2 is 2.33 bits per heavy atom. The molecule has 1 aliphatic rings. The van der Waals surface area contributed by atoms with Crippen molar-refractivity contribution in [3.63, 3.8) is 0 Å². The molecule has 0 aromatic heterocycles. The predicted octanol–water partition coefficient (Wildman–Crippen LogP) is 3.03. The second-order valence-electron chi connectivity index (χ2n) is 3.02. The van der Waals surface area contributed by atoms with Gasteiger partial charge in [0, 0.05) is 16.3 Å². The summed E-state index contributed by atoms with van der Waals surface area (Å²) in [6.45, 7) is 6.01. The Balaban J connectivity index is 2.44. The van der Waals surface area contributed by atoms with Crippen LogP contribution in [-0.4, -0.2) is 5.75 Å². The molecule has 1 N–H and O–H groups in total. The number of hydrogen-bond acceptors (Lipinski definition) is 2. The molecule has 0 bridgehead atoms. The Kier molecular flexibility index (Phi) is 1.85. The van der Waals surface area contributed by atoms with Gasteiger partial charge in [-0.05, 0) is 24.6 Å². The summed E-state index contributed by atoms with van der Waals surface area (Å²) in [6.07, 6.45) is 0. The quantitative estimate of drug-likeness (QED) is 0.653. The van der Waals surface area contributed by atoms with Crippen LogP contribution in [0.15, 0.2) is 35.4 Å². The fourth-order valence-corrected chi connectivity index (χ4v) is 2.09. The maximum atomic E-state index is 3.91. The minimum absolute atomic E-state index is 0.982. The van der Waals surface area contributed by atoms with E-state index in [4.69, 9.17) is 0 Å². The van der Waals surface area contributed by atoms with Crippen LogP contribution in [-0.2, 0) is 0 Å². The number of rotatable bonds is 0. The zero-order chi connectivity index (χ0) is 8.55. The summed E-state index contributed by atoms with van der Waals surface area (Å²) in [5, 5.41) is 3.29. The standard InChI is InChI=1S/C10H11NS/c1-7-3-4-10-9(5-7)11-8(2)6-12-10/h3-5,11H,2,6H2,1H3. The monoisotopic (exact) mass is 177 g/mol. The Labute approximate surface area is 76.9 Å². The van der Waals surface area contributed by atoms with E-state index in [0.717, 1.165) is 11.4 Å². The number of fused-ring (bicyclic) bond motifs is 1. The number of aryl methyl sites for hydroxylation is 1. The van der Waals surface area contributed by atoms with E-state index in [-0.39, 0.29) is 0 Å². The van der Waals surface area contributed by atoms with Crippen molar-refractivity contribution in [2.75, 3.05) is 11.1 Å². The molecule has 1 heterocycles. The van der Waals surface area contributed by atoms with Gasteiger partial charge in [-0.25, -0.2) is 0 Å². The Bertz CT molecular complexity index is 331. The van der Waals surface area contributed by atoms with Crippen molar-refractivity contribution in [2.45, 2.75) is 11.8 Å². The molecule has 0 unspecified atom stereocenters. The minimum atomic E-state index is 0.982. The highest BCUT2D eigenvalue weighted by molar-refractivity contribution is 7.99. The number of thioether (sulfide) groups is 1. The predicted molar refractivity (Wildman–Crippen MR) is 54.7 cm³/mol. The van der Waals surface area contributed by atoms with Gasteiger partial charge in [0.15, 0.2) is 0 Å². The van der Waals surface area contributed by atoms with Gasteiger partial charge in [-0.15, -0.1) is 11.8 Å². The Hall–Kier alpha value is -0.890. The molecule has 1 aromatic rings. The first kappa shape index (κ1) is 7.74. The summed E-state index contributed by atoms with van der Waals surface area (Å²) in [5.74, 6) is 0.982. The van der Waals surface area contributed by atoms with E-state index in [9.17, 15) is 0 Å². The second kappa shape index (κ2) is 2.87. The molecule has 1 aromatic carbocycles. The van der Waals surface area contributed by atoms with Crippen LogP contribution in [0.2, 0.25) is 0 Å². The van der Waals surface area contributed by atoms with Crippen LogP contribution < -0.4 is 5.32 Å². The lowest BCUT2D eigenvalue weighted by molar-refractivity contribution is 1.28. The van der Waals surface area contributed by atoms with Gasteiger partial charge in [0.1, 0.15) is 0 Å². The molecule has 1 nitrogen and oxygen atoms in total. The highest BCUT2D eigenvalue weighted by Gasteiger charge is 2.10.